The Morgan fingerprint density at radius 3 is 2.76 bits per heavy atom. The molecule has 120 valence electrons. The third-order valence-electron chi connectivity index (χ3n) is 3.04. The molecule has 0 bridgehead atoms. The van der Waals surface area contributed by atoms with Crippen LogP contribution in [0.3, 0.4) is 0 Å². The summed E-state index contributed by atoms with van der Waals surface area (Å²) in [7, 11) is 3.41. The molecule has 0 atom stereocenters. The zero-order chi connectivity index (χ0) is 14.6. The van der Waals surface area contributed by atoms with Gasteiger partial charge in [-0.1, -0.05) is 32.3 Å². The number of ether oxygens (including phenoxy) is 1. The maximum absolute atomic E-state index is 5.23. The van der Waals surface area contributed by atoms with E-state index in [4.69, 9.17) is 4.74 Å². The fourth-order valence-electron chi connectivity index (χ4n) is 1.90. The summed E-state index contributed by atoms with van der Waals surface area (Å²) in [5.74, 6) is 1.46. The molecule has 0 aliphatic rings. The zero-order valence-corrected chi connectivity index (χ0v) is 15.5. The predicted octanol–water partition coefficient (Wildman–Crippen LogP) is 2.95. The van der Waals surface area contributed by atoms with Crippen molar-refractivity contribution >= 4 is 29.9 Å². The summed E-state index contributed by atoms with van der Waals surface area (Å²) in [6, 6.07) is 3.90. The lowest BCUT2D eigenvalue weighted by atomic mass is 10.2. The molecule has 0 fully saturated rings. The van der Waals surface area contributed by atoms with Crippen molar-refractivity contribution in [1.29, 1.82) is 0 Å². The molecular weight excluding hydrogens is 379 g/mol. The van der Waals surface area contributed by atoms with E-state index < -0.39 is 0 Å². The molecule has 0 aliphatic carbocycles. The highest BCUT2D eigenvalue weighted by molar-refractivity contribution is 14.0. The second-order valence-electron chi connectivity index (χ2n) is 4.59. The lowest BCUT2D eigenvalue weighted by Crippen LogP contribution is -2.37. The van der Waals surface area contributed by atoms with Crippen molar-refractivity contribution in [1.82, 2.24) is 15.6 Å². The first-order valence-electron chi connectivity index (χ1n) is 7.24. The van der Waals surface area contributed by atoms with Crippen molar-refractivity contribution in [3.8, 4) is 5.88 Å². The van der Waals surface area contributed by atoms with Crippen molar-refractivity contribution in [2.24, 2.45) is 4.99 Å². The van der Waals surface area contributed by atoms with Crippen LogP contribution in [-0.2, 0) is 6.54 Å². The van der Waals surface area contributed by atoms with Gasteiger partial charge in [0, 0.05) is 31.9 Å². The Balaban J connectivity index is 0.00000400. The van der Waals surface area contributed by atoms with E-state index in [1.165, 1.54) is 25.7 Å². The van der Waals surface area contributed by atoms with Crippen molar-refractivity contribution < 1.29 is 4.74 Å². The van der Waals surface area contributed by atoms with Crippen LogP contribution in [0.2, 0.25) is 0 Å². The average molecular weight is 406 g/mol. The van der Waals surface area contributed by atoms with Crippen LogP contribution in [0.4, 0.5) is 0 Å². The van der Waals surface area contributed by atoms with Gasteiger partial charge in [0.1, 0.15) is 0 Å². The topological polar surface area (TPSA) is 58.5 Å². The maximum Gasteiger partial charge on any atom is 0.218 e. The third-order valence-corrected chi connectivity index (χ3v) is 3.04. The molecule has 0 radical (unpaired) electrons. The summed E-state index contributed by atoms with van der Waals surface area (Å²) in [5.41, 5.74) is 1.02. The number of methoxy groups -OCH3 is 1. The third kappa shape index (κ3) is 8.08. The van der Waals surface area contributed by atoms with Crippen LogP contribution in [-0.4, -0.2) is 31.6 Å². The van der Waals surface area contributed by atoms with Gasteiger partial charge in [0.15, 0.2) is 5.96 Å². The number of nitrogens with one attached hydrogen (secondary N) is 2. The number of rotatable bonds is 8. The molecule has 1 rings (SSSR count). The van der Waals surface area contributed by atoms with Gasteiger partial charge in [0.2, 0.25) is 5.88 Å². The molecule has 0 saturated heterocycles. The molecule has 0 unspecified atom stereocenters. The Bertz CT molecular complexity index is 412. The van der Waals surface area contributed by atoms with E-state index in [0.29, 0.717) is 12.4 Å². The predicted molar refractivity (Wildman–Crippen MR) is 98.5 cm³/mol. The SMILES string of the molecule is CCCCCCNC(=NC)NCc1cccnc1OC.I. The van der Waals surface area contributed by atoms with E-state index in [-0.39, 0.29) is 24.0 Å². The minimum Gasteiger partial charge on any atom is -0.481 e. The van der Waals surface area contributed by atoms with Gasteiger partial charge in [-0.2, -0.15) is 0 Å². The molecular formula is C15H27IN4O. The first-order chi connectivity index (χ1) is 9.81. The molecule has 5 nitrogen and oxygen atoms in total. The molecule has 0 amide bonds. The Morgan fingerprint density at radius 2 is 2.10 bits per heavy atom. The van der Waals surface area contributed by atoms with Gasteiger partial charge in [0.25, 0.3) is 0 Å². The van der Waals surface area contributed by atoms with Gasteiger partial charge in [-0.05, 0) is 12.5 Å². The minimum atomic E-state index is 0. The molecule has 0 spiro atoms. The average Bonchev–Trinajstić information content (AvgIpc) is 2.50. The number of guanidine groups is 1. The quantitative estimate of drug-likeness (QED) is 0.302. The fraction of sp³-hybridized carbons (Fsp3) is 0.600. The lowest BCUT2D eigenvalue weighted by Gasteiger charge is -2.13. The van der Waals surface area contributed by atoms with Crippen molar-refractivity contribution in [3.63, 3.8) is 0 Å². The first-order valence-corrected chi connectivity index (χ1v) is 7.24. The van der Waals surface area contributed by atoms with Crippen LogP contribution < -0.4 is 15.4 Å². The number of hydrogen-bond donors (Lipinski definition) is 2. The maximum atomic E-state index is 5.23. The molecule has 0 aliphatic heterocycles. The van der Waals surface area contributed by atoms with Crippen LogP contribution in [0.1, 0.15) is 38.2 Å². The highest BCUT2D eigenvalue weighted by Gasteiger charge is 2.04. The second kappa shape index (κ2) is 12.7. The number of aromatic nitrogens is 1. The Kier molecular flexibility index (Phi) is 12.0. The highest BCUT2D eigenvalue weighted by atomic mass is 127. The Hall–Kier alpha value is -1.05. The van der Waals surface area contributed by atoms with Crippen LogP contribution in [0.15, 0.2) is 23.3 Å². The molecule has 21 heavy (non-hydrogen) atoms. The van der Waals surface area contributed by atoms with Gasteiger partial charge in [-0.3, -0.25) is 4.99 Å². The van der Waals surface area contributed by atoms with Crippen LogP contribution >= 0.6 is 24.0 Å². The first kappa shape index (κ1) is 19.9. The molecule has 0 aromatic carbocycles. The smallest absolute Gasteiger partial charge is 0.218 e. The van der Waals surface area contributed by atoms with E-state index in [2.05, 4.69) is 27.5 Å². The van der Waals surface area contributed by atoms with Gasteiger partial charge < -0.3 is 15.4 Å². The summed E-state index contributed by atoms with van der Waals surface area (Å²) < 4.78 is 5.23. The zero-order valence-electron chi connectivity index (χ0n) is 13.2. The molecule has 1 heterocycles. The fourth-order valence-corrected chi connectivity index (χ4v) is 1.90. The number of unbranched alkanes of at least 4 members (excludes halogenated alkanes) is 3. The summed E-state index contributed by atoms with van der Waals surface area (Å²) in [4.78, 5) is 8.38. The number of aliphatic imine (C=N–C) groups is 1. The van der Waals surface area contributed by atoms with E-state index >= 15 is 0 Å². The van der Waals surface area contributed by atoms with Crippen LogP contribution in [0.5, 0.6) is 5.88 Å². The molecule has 2 N–H and O–H groups in total. The number of nitrogens with zero attached hydrogens (tertiary/aromatic N) is 2. The van der Waals surface area contributed by atoms with Gasteiger partial charge in [-0.25, -0.2) is 4.98 Å². The second-order valence-corrected chi connectivity index (χ2v) is 4.59. The van der Waals surface area contributed by atoms with E-state index in [0.717, 1.165) is 18.1 Å². The minimum absolute atomic E-state index is 0. The number of pyridine rings is 1. The molecule has 0 saturated carbocycles. The van der Waals surface area contributed by atoms with Crippen LogP contribution in [0.25, 0.3) is 0 Å². The summed E-state index contributed by atoms with van der Waals surface area (Å²) in [6.45, 7) is 3.81. The van der Waals surface area contributed by atoms with Gasteiger partial charge in [-0.15, -0.1) is 24.0 Å². The summed E-state index contributed by atoms with van der Waals surface area (Å²) in [6.07, 6.45) is 6.71. The Labute approximate surface area is 145 Å². The number of halogens is 1. The normalized spacial score (nSPS) is 10.7. The largest absolute Gasteiger partial charge is 0.481 e. The van der Waals surface area contributed by atoms with Gasteiger partial charge >= 0.3 is 0 Å². The summed E-state index contributed by atoms with van der Waals surface area (Å²) >= 11 is 0. The van der Waals surface area contributed by atoms with Gasteiger partial charge in [0.05, 0.1) is 7.11 Å². The van der Waals surface area contributed by atoms with E-state index in [9.17, 15) is 0 Å². The Morgan fingerprint density at radius 1 is 1.29 bits per heavy atom. The standard InChI is InChI=1S/C15H26N4O.HI/c1-4-5-6-7-10-18-15(16-2)19-12-13-9-8-11-17-14(13)20-3;/h8-9,11H,4-7,10,12H2,1-3H3,(H2,16,18,19);1H. The van der Waals surface area contributed by atoms with Crippen LogP contribution in [0, 0.1) is 0 Å². The van der Waals surface area contributed by atoms with E-state index in [1.807, 2.05) is 12.1 Å². The highest BCUT2D eigenvalue weighted by Crippen LogP contribution is 2.12. The molecule has 6 heteroatoms. The summed E-state index contributed by atoms with van der Waals surface area (Å²) in [5, 5.41) is 6.58. The van der Waals surface area contributed by atoms with Crippen molar-refractivity contribution in [2.45, 2.75) is 39.2 Å². The monoisotopic (exact) mass is 406 g/mol. The molecule has 1 aromatic rings. The molecule has 1 aromatic heterocycles. The lowest BCUT2D eigenvalue weighted by molar-refractivity contribution is 0.392. The number of hydrogen-bond acceptors (Lipinski definition) is 3. The van der Waals surface area contributed by atoms with E-state index in [1.54, 1.807) is 20.4 Å². The van der Waals surface area contributed by atoms with Crippen molar-refractivity contribution in [3.05, 3.63) is 23.9 Å². The van der Waals surface area contributed by atoms with Crippen molar-refractivity contribution in [2.75, 3.05) is 20.7 Å².